The molecule has 2 N–H and O–H groups in total. The molecule has 4 heteroatoms. The van der Waals surface area contributed by atoms with Gasteiger partial charge >= 0.3 is 0 Å². The molecule has 1 aromatic heterocycles. The second kappa shape index (κ2) is 4.21. The van der Waals surface area contributed by atoms with E-state index >= 15 is 0 Å². The van der Waals surface area contributed by atoms with E-state index in [-0.39, 0.29) is 15.8 Å². The first-order chi connectivity index (χ1) is 6.45. The monoisotopic (exact) mass is 198 g/mol. The van der Waals surface area contributed by atoms with Crippen LogP contribution in [-0.2, 0) is 6.54 Å². The summed E-state index contributed by atoms with van der Waals surface area (Å²) < 4.78 is 0. The molecule has 3 rings (SSSR count). The van der Waals surface area contributed by atoms with Crippen LogP contribution in [0.4, 0.5) is 5.69 Å². The minimum Gasteiger partial charge on any atom is -0.380 e. The Morgan fingerprint density at radius 3 is 2.87 bits per heavy atom. The maximum atomic E-state index is 4.04. The van der Waals surface area contributed by atoms with Gasteiger partial charge in [-0.2, -0.15) is 5.10 Å². The number of anilines is 1. The third kappa shape index (κ3) is 1.63. The molecule has 0 aliphatic carbocycles. The maximum Gasteiger partial charge on any atom is 0.0720 e. The van der Waals surface area contributed by atoms with Crippen molar-refractivity contribution >= 4 is 14.1 Å². The van der Waals surface area contributed by atoms with Gasteiger partial charge in [0.05, 0.1) is 11.9 Å². The summed E-state index contributed by atoms with van der Waals surface area (Å²) in [5.41, 5.74) is 4.77. The molecule has 1 aromatic carbocycles. The second-order valence-electron chi connectivity index (χ2n) is 3.17. The van der Waals surface area contributed by atoms with E-state index in [0.717, 1.165) is 12.2 Å². The summed E-state index contributed by atoms with van der Waals surface area (Å²) in [6.45, 7) is 0.864. The minimum atomic E-state index is 0. The van der Waals surface area contributed by atoms with Gasteiger partial charge in [-0.25, -0.2) is 0 Å². The van der Waals surface area contributed by atoms with Crippen LogP contribution < -0.4 is 5.32 Å². The zero-order chi connectivity index (χ0) is 8.67. The fourth-order valence-corrected chi connectivity index (χ4v) is 1.72. The van der Waals surface area contributed by atoms with Crippen LogP contribution in [0.25, 0.3) is 11.3 Å². The van der Waals surface area contributed by atoms with Crippen LogP contribution >= 0.6 is 0 Å². The molecule has 0 bridgehead atoms. The third-order valence-electron chi connectivity index (χ3n) is 2.38. The van der Waals surface area contributed by atoms with E-state index < -0.39 is 0 Å². The number of fused-ring (bicyclic) bond motifs is 3. The summed E-state index contributed by atoms with van der Waals surface area (Å²) in [6, 6.07) is 8.25. The first-order valence-electron chi connectivity index (χ1n) is 4.30. The molecular formula is C11H13BN3. The molecule has 2 aromatic rings. The van der Waals surface area contributed by atoms with Crippen molar-refractivity contribution in [3.63, 3.8) is 0 Å². The van der Waals surface area contributed by atoms with Crippen molar-refractivity contribution in [1.82, 2.24) is 10.2 Å². The highest BCUT2D eigenvalue weighted by Gasteiger charge is 2.15. The number of nitrogens with one attached hydrogen (secondary N) is 2. The summed E-state index contributed by atoms with van der Waals surface area (Å²) in [5.74, 6) is 0. The molecule has 1 aliphatic heterocycles. The smallest absolute Gasteiger partial charge is 0.0720 e. The van der Waals surface area contributed by atoms with E-state index in [0.29, 0.717) is 0 Å². The highest BCUT2D eigenvalue weighted by Crippen LogP contribution is 2.32. The predicted molar refractivity (Wildman–Crippen MR) is 63.8 cm³/mol. The Labute approximate surface area is 91.5 Å². The van der Waals surface area contributed by atoms with Gasteiger partial charge in [0.2, 0.25) is 0 Å². The van der Waals surface area contributed by atoms with E-state index in [1.54, 1.807) is 0 Å². The lowest BCUT2D eigenvalue weighted by molar-refractivity contribution is 1.09. The quantitative estimate of drug-likeness (QED) is 0.637. The molecule has 1 aliphatic rings. The molecule has 0 spiro atoms. The number of benzene rings is 1. The Balaban J connectivity index is 0.000000562. The predicted octanol–water partition coefficient (Wildman–Crippen LogP) is 2.26. The molecular weight excluding hydrogens is 185 g/mol. The largest absolute Gasteiger partial charge is 0.380 e. The van der Waals surface area contributed by atoms with Crippen LogP contribution in [0, 0.1) is 0 Å². The first kappa shape index (κ1) is 11.4. The van der Waals surface area contributed by atoms with Gasteiger partial charge in [0.1, 0.15) is 0 Å². The fourth-order valence-electron chi connectivity index (χ4n) is 1.72. The van der Waals surface area contributed by atoms with Gasteiger partial charge in [-0.05, 0) is 6.07 Å². The number of para-hydroxylation sites is 1. The van der Waals surface area contributed by atoms with Crippen LogP contribution in [0.1, 0.15) is 13.0 Å². The molecule has 75 valence electrons. The number of hydrogen-bond acceptors (Lipinski definition) is 2. The summed E-state index contributed by atoms with van der Waals surface area (Å²) in [6.07, 6.45) is 1.87. The maximum absolute atomic E-state index is 4.04. The van der Waals surface area contributed by atoms with Crippen molar-refractivity contribution in [2.24, 2.45) is 0 Å². The average Bonchev–Trinajstić information content (AvgIpc) is 2.65. The van der Waals surface area contributed by atoms with Gasteiger partial charge in [-0.3, -0.25) is 5.10 Å². The van der Waals surface area contributed by atoms with Gasteiger partial charge in [-0.15, -0.1) is 0 Å². The number of aromatic nitrogens is 2. The Bertz CT molecular complexity index is 451. The number of aromatic amines is 1. The topological polar surface area (TPSA) is 40.7 Å². The summed E-state index contributed by atoms with van der Waals surface area (Å²) >= 11 is 0. The van der Waals surface area contributed by atoms with Crippen molar-refractivity contribution in [3.05, 3.63) is 36.0 Å². The Morgan fingerprint density at radius 2 is 2.00 bits per heavy atom. The van der Waals surface area contributed by atoms with Crippen LogP contribution in [0.5, 0.6) is 0 Å². The third-order valence-corrected chi connectivity index (χ3v) is 2.38. The Morgan fingerprint density at radius 1 is 1.20 bits per heavy atom. The number of nitrogens with zero attached hydrogens (tertiary/aromatic N) is 1. The molecule has 0 atom stereocenters. The Hall–Kier alpha value is -1.71. The van der Waals surface area contributed by atoms with E-state index in [4.69, 9.17) is 0 Å². The van der Waals surface area contributed by atoms with E-state index in [1.165, 1.54) is 16.8 Å². The normalized spacial score (nSPS) is 11.2. The average molecular weight is 198 g/mol. The number of hydrogen-bond donors (Lipinski definition) is 2. The SMILES string of the molecule is C.[B].c1ccc2c(c1)NCc1cn[nH]c1-2. The van der Waals surface area contributed by atoms with E-state index in [2.05, 4.69) is 27.6 Å². The molecule has 0 saturated carbocycles. The molecule has 2 heterocycles. The van der Waals surface area contributed by atoms with Crippen LogP contribution in [0.15, 0.2) is 30.5 Å². The zero-order valence-corrected chi connectivity index (χ0v) is 7.62. The van der Waals surface area contributed by atoms with Gasteiger partial charge in [0, 0.05) is 31.8 Å². The summed E-state index contributed by atoms with van der Waals surface area (Å²) in [7, 11) is 0. The van der Waals surface area contributed by atoms with Crippen LogP contribution in [0.3, 0.4) is 0 Å². The lowest BCUT2D eigenvalue weighted by Crippen LogP contribution is -2.06. The molecule has 0 fully saturated rings. The number of rotatable bonds is 0. The van der Waals surface area contributed by atoms with E-state index in [1.807, 2.05) is 18.3 Å². The highest BCUT2D eigenvalue weighted by molar-refractivity contribution is 5.79. The molecule has 0 amide bonds. The van der Waals surface area contributed by atoms with Crippen LogP contribution in [-0.4, -0.2) is 18.6 Å². The second-order valence-corrected chi connectivity index (χ2v) is 3.17. The molecule has 0 unspecified atom stereocenters. The molecule has 0 saturated heterocycles. The molecule has 15 heavy (non-hydrogen) atoms. The summed E-state index contributed by atoms with van der Waals surface area (Å²) in [5, 5.41) is 10.4. The molecule has 3 radical (unpaired) electrons. The Kier molecular flexibility index (Phi) is 3.19. The molecule has 3 nitrogen and oxygen atoms in total. The van der Waals surface area contributed by atoms with Gasteiger partial charge < -0.3 is 5.32 Å². The lowest BCUT2D eigenvalue weighted by Gasteiger charge is -2.16. The van der Waals surface area contributed by atoms with Crippen molar-refractivity contribution in [2.45, 2.75) is 14.0 Å². The van der Waals surface area contributed by atoms with Crippen LogP contribution in [0.2, 0.25) is 0 Å². The van der Waals surface area contributed by atoms with Crippen molar-refractivity contribution < 1.29 is 0 Å². The lowest BCUT2D eigenvalue weighted by atomic mass is 10.0. The van der Waals surface area contributed by atoms with E-state index in [9.17, 15) is 0 Å². The van der Waals surface area contributed by atoms with Crippen molar-refractivity contribution in [2.75, 3.05) is 5.32 Å². The highest BCUT2D eigenvalue weighted by atomic mass is 15.1. The fraction of sp³-hybridized carbons (Fsp3) is 0.182. The zero-order valence-electron chi connectivity index (χ0n) is 7.62. The van der Waals surface area contributed by atoms with Gasteiger partial charge in [-0.1, -0.05) is 25.6 Å². The summed E-state index contributed by atoms with van der Waals surface area (Å²) in [4.78, 5) is 0. The van der Waals surface area contributed by atoms with Crippen molar-refractivity contribution in [1.29, 1.82) is 0 Å². The first-order valence-corrected chi connectivity index (χ1v) is 4.30. The minimum absolute atomic E-state index is 0. The van der Waals surface area contributed by atoms with Gasteiger partial charge in [0.15, 0.2) is 0 Å². The van der Waals surface area contributed by atoms with Crippen molar-refractivity contribution in [3.8, 4) is 11.3 Å². The van der Waals surface area contributed by atoms with Gasteiger partial charge in [0.25, 0.3) is 0 Å². The number of H-pyrrole nitrogens is 1. The standard InChI is InChI=1S/C10H9N3.CH4.B/c1-2-4-9-8(3-1)10-7(5-11-9)6-12-13-10;;/h1-4,6,11H,5H2,(H,12,13);1H4;.